The quantitative estimate of drug-likeness (QED) is 0.406. The van der Waals surface area contributed by atoms with E-state index in [1.807, 2.05) is 0 Å². The van der Waals surface area contributed by atoms with E-state index in [0.717, 1.165) is 0 Å². The van der Waals surface area contributed by atoms with E-state index < -0.39 is 11.0 Å². The fourth-order valence-electron chi connectivity index (χ4n) is 1.20. The molecule has 0 aliphatic rings. The van der Waals surface area contributed by atoms with E-state index in [2.05, 4.69) is 5.10 Å². The minimum absolute atomic E-state index is 0.308. The first-order valence-corrected chi connectivity index (χ1v) is 4.07. The minimum Gasteiger partial charge on any atom is -0.284 e. The van der Waals surface area contributed by atoms with Crippen LogP contribution in [0.25, 0.3) is 0 Å². The summed E-state index contributed by atoms with van der Waals surface area (Å²) in [7, 11) is 1.71. The van der Waals surface area contributed by atoms with Gasteiger partial charge in [-0.25, -0.2) is 0 Å². The zero-order valence-corrected chi connectivity index (χ0v) is 8.34. The third-order valence-electron chi connectivity index (χ3n) is 1.91. The Hall–Kier alpha value is -1.16. The lowest BCUT2D eigenvalue weighted by Gasteiger charge is -1.95. The van der Waals surface area contributed by atoms with Crippen LogP contribution >= 0.6 is 11.6 Å². The van der Waals surface area contributed by atoms with Gasteiger partial charge in [0.2, 0.25) is 5.78 Å². The Morgan fingerprint density at radius 3 is 2.23 bits per heavy atom. The van der Waals surface area contributed by atoms with E-state index >= 15 is 0 Å². The molecule has 0 saturated carbocycles. The van der Waals surface area contributed by atoms with Gasteiger partial charge < -0.3 is 0 Å². The fraction of sp³-hybridized carbons (Fsp3) is 0.375. The van der Waals surface area contributed by atoms with Crippen LogP contribution in [0.4, 0.5) is 0 Å². The molecule has 1 rings (SSSR count). The number of carbonyl (C=O) groups excluding carboxylic acids is 2. The molecule has 0 aromatic carbocycles. The van der Waals surface area contributed by atoms with Crippen LogP contribution in [0.1, 0.15) is 21.7 Å². The number of ketones is 1. The van der Waals surface area contributed by atoms with Crippen molar-refractivity contribution >= 4 is 22.6 Å². The van der Waals surface area contributed by atoms with Crippen molar-refractivity contribution in [2.75, 3.05) is 0 Å². The smallest absolute Gasteiger partial charge is 0.284 e. The van der Waals surface area contributed by atoms with Crippen LogP contribution in [0.2, 0.25) is 0 Å². The minimum atomic E-state index is -0.973. The Morgan fingerprint density at radius 1 is 1.38 bits per heavy atom. The summed E-state index contributed by atoms with van der Waals surface area (Å²) in [5.74, 6) is -0.690. The van der Waals surface area contributed by atoms with Crippen LogP contribution in [0, 0.1) is 13.8 Å². The number of aromatic nitrogens is 2. The van der Waals surface area contributed by atoms with E-state index in [9.17, 15) is 9.59 Å². The predicted octanol–water partition coefficient (Wildman–Crippen LogP) is 0.985. The molecule has 0 saturated heterocycles. The van der Waals surface area contributed by atoms with Crippen molar-refractivity contribution < 1.29 is 9.59 Å². The summed E-state index contributed by atoms with van der Waals surface area (Å²) in [5.41, 5.74) is 1.48. The van der Waals surface area contributed by atoms with Gasteiger partial charge in [0.05, 0.1) is 11.3 Å². The van der Waals surface area contributed by atoms with Gasteiger partial charge in [0, 0.05) is 12.7 Å². The van der Waals surface area contributed by atoms with Gasteiger partial charge in [0.25, 0.3) is 5.24 Å². The van der Waals surface area contributed by atoms with Gasteiger partial charge in [0.15, 0.2) is 0 Å². The first kappa shape index (κ1) is 9.92. The number of Topliss-reactive ketones (excluding diaryl/α,β-unsaturated/α-hetero) is 1. The average Bonchev–Trinajstić information content (AvgIpc) is 2.26. The maximum atomic E-state index is 11.3. The summed E-state index contributed by atoms with van der Waals surface area (Å²) >= 11 is 5.09. The van der Waals surface area contributed by atoms with Gasteiger partial charge in [-0.05, 0) is 25.4 Å². The van der Waals surface area contributed by atoms with Crippen LogP contribution in [-0.4, -0.2) is 20.8 Å². The lowest BCUT2D eigenvalue weighted by molar-refractivity contribution is -0.108. The molecule has 0 spiro atoms. The highest BCUT2D eigenvalue weighted by Crippen LogP contribution is 2.13. The lowest BCUT2D eigenvalue weighted by atomic mass is 10.1. The summed E-state index contributed by atoms with van der Waals surface area (Å²) < 4.78 is 1.54. The van der Waals surface area contributed by atoms with Gasteiger partial charge in [-0.2, -0.15) is 5.10 Å². The first-order valence-electron chi connectivity index (χ1n) is 3.69. The lowest BCUT2D eigenvalue weighted by Crippen LogP contribution is -2.09. The molecule has 0 bridgehead atoms. The number of carbonyl (C=O) groups is 2. The third-order valence-corrected chi connectivity index (χ3v) is 2.09. The van der Waals surface area contributed by atoms with Crippen LogP contribution in [0.15, 0.2) is 0 Å². The summed E-state index contributed by atoms with van der Waals surface area (Å²) in [4.78, 5) is 21.9. The molecule has 0 unspecified atom stereocenters. The van der Waals surface area contributed by atoms with Crippen molar-refractivity contribution in [3.8, 4) is 0 Å². The van der Waals surface area contributed by atoms with Gasteiger partial charge in [0.1, 0.15) is 0 Å². The highest BCUT2D eigenvalue weighted by atomic mass is 35.5. The topological polar surface area (TPSA) is 52.0 Å². The van der Waals surface area contributed by atoms with E-state index in [1.54, 1.807) is 25.6 Å². The molecule has 0 radical (unpaired) electrons. The molecular weight excluding hydrogens is 192 g/mol. The zero-order valence-electron chi connectivity index (χ0n) is 7.59. The SMILES string of the molecule is Cc1nn(C)c(C)c1C(=O)C(=O)Cl. The average molecular weight is 201 g/mol. The molecule has 5 heteroatoms. The second-order valence-electron chi connectivity index (χ2n) is 2.77. The highest BCUT2D eigenvalue weighted by Gasteiger charge is 2.21. The van der Waals surface area contributed by atoms with Crippen molar-refractivity contribution in [1.82, 2.24) is 9.78 Å². The van der Waals surface area contributed by atoms with E-state index in [0.29, 0.717) is 17.0 Å². The van der Waals surface area contributed by atoms with Gasteiger partial charge in [-0.1, -0.05) is 0 Å². The number of rotatable bonds is 2. The van der Waals surface area contributed by atoms with Crippen molar-refractivity contribution in [2.24, 2.45) is 7.05 Å². The standard InChI is InChI=1S/C8H9ClN2O2/c1-4-6(7(12)8(9)13)5(2)11(3)10-4/h1-3H3. The second kappa shape index (κ2) is 3.30. The maximum absolute atomic E-state index is 11.3. The Morgan fingerprint density at radius 2 is 1.92 bits per heavy atom. The normalized spacial score (nSPS) is 10.2. The summed E-state index contributed by atoms with van der Waals surface area (Å²) in [5, 5.41) is 3.03. The van der Waals surface area contributed by atoms with Crippen molar-refractivity contribution in [3.05, 3.63) is 17.0 Å². The molecule has 4 nitrogen and oxygen atoms in total. The highest BCUT2D eigenvalue weighted by molar-refractivity contribution is 6.83. The predicted molar refractivity (Wildman–Crippen MR) is 47.9 cm³/mol. The van der Waals surface area contributed by atoms with E-state index in [1.165, 1.54) is 0 Å². The Balaban J connectivity index is 3.29. The molecule has 0 aliphatic carbocycles. The molecule has 0 fully saturated rings. The molecule has 0 aliphatic heterocycles. The van der Waals surface area contributed by atoms with Crippen molar-refractivity contribution in [2.45, 2.75) is 13.8 Å². The fourth-order valence-corrected chi connectivity index (χ4v) is 1.29. The van der Waals surface area contributed by atoms with E-state index in [-0.39, 0.29) is 0 Å². The first-order chi connectivity index (χ1) is 5.95. The Labute approximate surface area is 80.5 Å². The molecular formula is C8H9ClN2O2. The molecule has 0 amide bonds. The Kier molecular flexibility index (Phi) is 2.52. The monoisotopic (exact) mass is 200 g/mol. The number of hydrogen-bond donors (Lipinski definition) is 0. The Bertz CT molecular complexity index is 382. The van der Waals surface area contributed by atoms with Crippen LogP contribution in [0.3, 0.4) is 0 Å². The summed E-state index contributed by atoms with van der Waals surface area (Å²) in [6, 6.07) is 0. The van der Waals surface area contributed by atoms with Crippen LogP contribution < -0.4 is 0 Å². The second-order valence-corrected chi connectivity index (χ2v) is 3.12. The molecule has 1 heterocycles. The van der Waals surface area contributed by atoms with Crippen LogP contribution in [0.5, 0.6) is 0 Å². The molecule has 1 aromatic rings. The summed E-state index contributed by atoms with van der Waals surface area (Å²) in [6.07, 6.45) is 0. The van der Waals surface area contributed by atoms with Crippen LogP contribution in [-0.2, 0) is 11.8 Å². The maximum Gasteiger partial charge on any atom is 0.293 e. The van der Waals surface area contributed by atoms with Gasteiger partial charge in [-0.15, -0.1) is 0 Å². The zero-order chi connectivity index (χ0) is 10.2. The molecule has 1 aromatic heterocycles. The largest absolute Gasteiger partial charge is 0.293 e. The van der Waals surface area contributed by atoms with Crippen molar-refractivity contribution in [1.29, 1.82) is 0 Å². The number of nitrogens with zero attached hydrogens (tertiary/aromatic N) is 2. The molecule has 70 valence electrons. The molecule has 0 atom stereocenters. The van der Waals surface area contributed by atoms with Gasteiger partial charge >= 0.3 is 0 Å². The number of aryl methyl sites for hydroxylation is 2. The van der Waals surface area contributed by atoms with Gasteiger partial charge in [-0.3, -0.25) is 14.3 Å². The number of hydrogen-bond acceptors (Lipinski definition) is 3. The van der Waals surface area contributed by atoms with E-state index in [4.69, 9.17) is 11.6 Å². The summed E-state index contributed by atoms with van der Waals surface area (Å²) in [6.45, 7) is 3.38. The third kappa shape index (κ3) is 1.62. The number of halogens is 1. The molecule has 13 heavy (non-hydrogen) atoms. The molecule has 0 N–H and O–H groups in total. The van der Waals surface area contributed by atoms with Crippen molar-refractivity contribution in [3.63, 3.8) is 0 Å².